The molecule has 0 saturated heterocycles. The summed E-state index contributed by atoms with van der Waals surface area (Å²) in [7, 11) is -1.64. The molecule has 0 spiro atoms. The van der Waals surface area contributed by atoms with Crippen LogP contribution in [0.5, 0.6) is 0 Å². The summed E-state index contributed by atoms with van der Waals surface area (Å²) < 4.78 is 44.0. The van der Waals surface area contributed by atoms with E-state index in [0.29, 0.717) is 24.1 Å². The van der Waals surface area contributed by atoms with Crippen LogP contribution in [0.2, 0.25) is 0 Å². The lowest BCUT2D eigenvalue weighted by atomic mass is 10.1. The van der Waals surface area contributed by atoms with E-state index in [1.807, 2.05) is 7.05 Å². The summed E-state index contributed by atoms with van der Waals surface area (Å²) in [5.74, 6) is -1.01. The zero-order valence-corrected chi connectivity index (χ0v) is 27.3. The minimum atomic E-state index is -3.57. The van der Waals surface area contributed by atoms with Gasteiger partial charge in [0.2, 0.25) is 0 Å². The predicted molar refractivity (Wildman–Crippen MR) is 162 cm³/mol. The Bertz CT molecular complexity index is 918. The molecule has 0 amide bonds. The van der Waals surface area contributed by atoms with E-state index >= 15 is 0 Å². The first-order valence-corrected chi connectivity index (χ1v) is 16.5. The van der Waals surface area contributed by atoms with E-state index in [0.717, 1.165) is 12.8 Å². The zero-order valence-electron chi connectivity index (χ0n) is 26.4. The molecule has 1 rings (SSSR count). The number of ether oxygens (including phenoxy) is 3. The van der Waals surface area contributed by atoms with E-state index in [4.69, 9.17) is 18.4 Å². The van der Waals surface area contributed by atoms with E-state index in [9.17, 15) is 22.8 Å². The molecule has 0 aliphatic carbocycles. The Morgan fingerprint density at radius 2 is 1.00 bits per heavy atom. The van der Waals surface area contributed by atoms with Crippen molar-refractivity contribution in [2.45, 2.75) is 96.8 Å². The van der Waals surface area contributed by atoms with Crippen LogP contribution in [0, 0.1) is 0 Å². The molecule has 1 aromatic rings. The van der Waals surface area contributed by atoms with Crippen LogP contribution >= 0.6 is 0 Å². The Morgan fingerprint density at radius 3 is 1.38 bits per heavy atom. The first kappa shape index (κ1) is 39.5. The average Bonchev–Trinajstić information content (AvgIpc) is 2.92. The van der Waals surface area contributed by atoms with Crippen molar-refractivity contribution < 1.29 is 45.7 Å². The van der Waals surface area contributed by atoms with Crippen LogP contribution in [-0.2, 0) is 42.9 Å². The van der Waals surface area contributed by atoms with Gasteiger partial charge >= 0.3 is 17.9 Å². The average molecular weight is 617 g/mol. The number of benzene rings is 1. The smallest absolute Gasteiger partial charge is 0.302 e. The van der Waals surface area contributed by atoms with Gasteiger partial charge in [0.1, 0.15) is 39.5 Å². The highest BCUT2D eigenvalue weighted by Gasteiger charge is 2.23. The molecule has 242 valence electrons. The molecule has 0 atom stereocenters. The maximum atomic E-state index is 11.9. The number of rotatable bonds is 22. The van der Waals surface area contributed by atoms with E-state index in [-0.39, 0.29) is 49.2 Å². The number of unbranched alkanes of at least 4 members (excludes halogenated alkanes) is 9. The second kappa shape index (κ2) is 24.0. The number of likely N-dealkylation sites (N-methyl/N-ethyl adjacent to an activating group) is 1. The van der Waals surface area contributed by atoms with Crippen LogP contribution < -0.4 is 0 Å². The fourth-order valence-corrected chi connectivity index (χ4v) is 4.94. The highest BCUT2D eigenvalue weighted by molar-refractivity contribution is 7.86. The van der Waals surface area contributed by atoms with Gasteiger partial charge in [-0.05, 0) is 18.6 Å². The molecule has 0 radical (unpaired) electrons. The number of carbonyl (C=O) groups excluding carboxylic acids is 3. The molecular weight excluding hydrogens is 562 g/mol. The van der Waals surface area contributed by atoms with Gasteiger partial charge in [-0.2, -0.15) is 8.42 Å². The molecule has 0 saturated carbocycles. The molecule has 0 fully saturated rings. The lowest BCUT2D eigenvalue weighted by Gasteiger charge is -2.33. The lowest BCUT2D eigenvalue weighted by Crippen LogP contribution is -2.50. The Kier molecular flexibility index (Phi) is 22.6. The Hall–Kier alpha value is -2.50. The van der Waals surface area contributed by atoms with Crippen molar-refractivity contribution in [2.75, 3.05) is 53.1 Å². The Balaban J connectivity index is 0.000000805. The first-order valence-electron chi connectivity index (χ1n) is 15.1. The summed E-state index contributed by atoms with van der Waals surface area (Å²) in [6.07, 6.45) is 12.3. The van der Waals surface area contributed by atoms with Gasteiger partial charge in [-0.3, -0.25) is 18.6 Å². The lowest BCUT2D eigenvalue weighted by molar-refractivity contribution is -0.910. The molecule has 0 aliphatic rings. The number of hydrogen-bond donors (Lipinski definition) is 0. The number of carbonyl (C=O) groups is 3. The van der Waals surface area contributed by atoms with Crippen molar-refractivity contribution in [3.8, 4) is 0 Å². The van der Waals surface area contributed by atoms with Crippen LogP contribution in [0.1, 0.15) is 91.9 Å². The standard InChI is InChI=1S/C18H30O3S.C13H24NO6/c1-2-3-4-5-6-7-8-9-10-14-17-21-22(19,20)18-15-12-11-13-16-18;1-11(15)18-8-5-14(4,6-9-19-12(2)16)7-10-20-13(3)17/h11-13,15-16H,2-10,14,17H2,1H3;5-10H2,1-4H3/q;+1. The largest absolute Gasteiger partial charge is 0.460 e. The molecule has 10 nitrogen and oxygen atoms in total. The third kappa shape index (κ3) is 23.1. The normalized spacial score (nSPS) is 11.3. The highest BCUT2D eigenvalue weighted by atomic mass is 32.2. The SMILES string of the molecule is CC(=O)OCC[N+](C)(CCOC(C)=O)CCOC(C)=O.CCCCCCCCCCCCOS(=O)(=O)c1ccccc1. The molecule has 11 heteroatoms. The van der Waals surface area contributed by atoms with Crippen molar-refractivity contribution in [1.82, 2.24) is 0 Å². The summed E-state index contributed by atoms with van der Waals surface area (Å²) in [4.78, 5) is 32.5. The van der Waals surface area contributed by atoms with E-state index < -0.39 is 10.1 Å². The van der Waals surface area contributed by atoms with Crippen LogP contribution in [0.15, 0.2) is 35.2 Å². The molecule has 0 bridgehead atoms. The molecule has 0 aromatic heterocycles. The van der Waals surface area contributed by atoms with E-state index in [1.165, 1.54) is 72.1 Å². The number of esters is 3. The zero-order chi connectivity index (χ0) is 31.7. The fraction of sp³-hybridized carbons (Fsp3) is 0.710. The van der Waals surface area contributed by atoms with Crippen molar-refractivity contribution in [2.24, 2.45) is 0 Å². The molecule has 0 unspecified atom stereocenters. The topological polar surface area (TPSA) is 122 Å². The van der Waals surface area contributed by atoms with Gasteiger partial charge in [0.15, 0.2) is 0 Å². The van der Waals surface area contributed by atoms with Gasteiger partial charge < -0.3 is 18.7 Å². The quantitative estimate of drug-likeness (QED) is 0.0551. The molecule has 0 aliphatic heterocycles. The summed E-state index contributed by atoms with van der Waals surface area (Å²) in [5, 5.41) is 0. The monoisotopic (exact) mass is 616 g/mol. The van der Waals surface area contributed by atoms with Crippen molar-refractivity contribution >= 4 is 28.0 Å². The van der Waals surface area contributed by atoms with Gasteiger partial charge in [-0.1, -0.05) is 82.9 Å². The highest BCUT2D eigenvalue weighted by Crippen LogP contribution is 2.14. The van der Waals surface area contributed by atoms with E-state index in [2.05, 4.69) is 6.92 Å². The first-order chi connectivity index (χ1) is 19.9. The minimum absolute atomic E-state index is 0.238. The van der Waals surface area contributed by atoms with Crippen LogP contribution in [0.3, 0.4) is 0 Å². The van der Waals surface area contributed by atoms with Gasteiger partial charge in [-0.15, -0.1) is 0 Å². The van der Waals surface area contributed by atoms with Crippen LogP contribution in [-0.4, -0.2) is 83.9 Å². The minimum Gasteiger partial charge on any atom is -0.460 e. The molecular formula is C31H54NO9S+. The fourth-order valence-electron chi connectivity index (χ4n) is 3.98. The van der Waals surface area contributed by atoms with Crippen molar-refractivity contribution in [3.05, 3.63) is 30.3 Å². The summed E-state index contributed by atoms with van der Waals surface area (Å²) >= 11 is 0. The van der Waals surface area contributed by atoms with Gasteiger partial charge in [0.05, 0.1) is 18.6 Å². The van der Waals surface area contributed by atoms with Crippen molar-refractivity contribution in [3.63, 3.8) is 0 Å². The van der Waals surface area contributed by atoms with E-state index in [1.54, 1.807) is 30.3 Å². The Morgan fingerprint density at radius 1 is 0.619 bits per heavy atom. The second-order valence-electron chi connectivity index (χ2n) is 10.6. The molecule has 0 N–H and O–H groups in total. The Labute approximate surface area is 253 Å². The van der Waals surface area contributed by atoms with Crippen LogP contribution in [0.25, 0.3) is 0 Å². The summed E-state index contributed by atoms with van der Waals surface area (Å²) in [6, 6.07) is 8.33. The van der Waals surface area contributed by atoms with Gasteiger partial charge in [0.25, 0.3) is 10.1 Å². The number of nitrogens with zero attached hydrogens (tertiary/aromatic N) is 1. The molecule has 1 aromatic carbocycles. The van der Waals surface area contributed by atoms with Gasteiger partial charge in [0, 0.05) is 20.8 Å². The number of quaternary nitrogens is 1. The second-order valence-corrected chi connectivity index (χ2v) is 12.2. The number of hydrogen-bond acceptors (Lipinski definition) is 9. The predicted octanol–water partition coefficient (Wildman–Crippen LogP) is 5.44. The maximum absolute atomic E-state index is 11.9. The van der Waals surface area contributed by atoms with Crippen molar-refractivity contribution in [1.29, 1.82) is 0 Å². The maximum Gasteiger partial charge on any atom is 0.302 e. The third-order valence-corrected chi connectivity index (χ3v) is 7.90. The molecule has 42 heavy (non-hydrogen) atoms. The molecule has 0 heterocycles. The van der Waals surface area contributed by atoms with Crippen LogP contribution in [0.4, 0.5) is 0 Å². The summed E-state index contributed by atoms with van der Waals surface area (Å²) in [6.45, 7) is 9.05. The van der Waals surface area contributed by atoms with Gasteiger partial charge in [-0.25, -0.2) is 0 Å². The third-order valence-electron chi connectivity index (χ3n) is 6.58. The summed E-state index contributed by atoms with van der Waals surface area (Å²) in [5.41, 5.74) is 0.